The average Bonchev–Trinajstić information content (AvgIpc) is 2.05. The summed E-state index contributed by atoms with van der Waals surface area (Å²) in [5.41, 5.74) is 1.77. The van der Waals surface area contributed by atoms with Crippen LogP contribution >= 0.6 is 0 Å². The van der Waals surface area contributed by atoms with Crippen LogP contribution in [-0.4, -0.2) is 9.97 Å². The summed E-state index contributed by atoms with van der Waals surface area (Å²) in [6, 6.07) is 0. The summed E-state index contributed by atoms with van der Waals surface area (Å²) in [4.78, 5) is 8.23. The van der Waals surface area contributed by atoms with Crippen LogP contribution in [0.2, 0.25) is 0 Å². The Morgan fingerprint density at radius 2 is 2.18 bits per heavy atom. The Morgan fingerprint density at radius 3 is 2.64 bits per heavy atom. The predicted molar refractivity (Wildman–Crippen MR) is 44.0 cm³/mol. The van der Waals surface area contributed by atoms with Crippen molar-refractivity contribution in [1.29, 1.82) is 0 Å². The van der Waals surface area contributed by atoms with Gasteiger partial charge < -0.3 is 0 Å². The van der Waals surface area contributed by atoms with E-state index in [1.54, 1.807) is 12.4 Å². The Kier molecular flexibility index (Phi) is 2.22. The van der Waals surface area contributed by atoms with E-state index in [0.29, 0.717) is 0 Å². The second-order valence-electron chi connectivity index (χ2n) is 2.47. The lowest BCUT2D eigenvalue weighted by molar-refractivity contribution is 0.904. The van der Waals surface area contributed by atoms with Gasteiger partial charge in [0.2, 0.25) is 0 Å². The number of aromatic nitrogens is 2. The number of nitrogens with zero attached hydrogens (tertiary/aromatic N) is 2. The lowest BCUT2D eigenvalue weighted by atomic mass is 10.1. The molecule has 0 aromatic carbocycles. The fourth-order valence-corrected chi connectivity index (χ4v) is 0.712. The number of terminal acetylenes is 1. The molecule has 1 heterocycles. The van der Waals surface area contributed by atoms with E-state index in [4.69, 9.17) is 6.42 Å². The fraction of sp³-hybridized carbons (Fsp3) is 0.333. The molecule has 1 rings (SSSR count). The van der Waals surface area contributed by atoms with Crippen molar-refractivity contribution in [1.82, 2.24) is 9.97 Å². The van der Waals surface area contributed by atoms with E-state index >= 15 is 0 Å². The van der Waals surface area contributed by atoms with Gasteiger partial charge in [0, 0.05) is 12.4 Å². The van der Waals surface area contributed by atoms with Gasteiger partial charge in [-0.1, -0.05) is 5.92 Å². The van der Waals surface area contributed by atoms with E-state index < -0.39 is 0 Å². The van der Waals surface area contributed by atoms with Crippen LogP contribution in [0.5, 0.6) is 0 Å². The van der Waals surface area contributed by atoms with Gasteiger partial charge in [-0.2, -0.15) is 0 Å². The molecule has 0 saturated heterocycles. The highest BCUT2D eigenvalue weighted by Gasteiger charge is 2.01. The monoisotopic (exact) mass is 146 g/mol. The van der Waals surface area contributed by atoms with Crippen LogP contribution in [0.25, 0.3) is 0 Å². The highest BCUT2D eigenvalue weighted by Crippen LogP contribution is 2.08. The molecule has 1 aromatic heterocycles. The maximum Gasteiger partial charge on any atom is 0.0734 e. The first-order valence-corrected chi connectivity index (χ1v) is 3.48. The third kappa shape index (κ3) is 1.78. The summed E-state index contributed by atoms with van der Waals surface area (Å²) < 4.78 is 0. The van der Waals surface area contributed by atoms with Crippen molar-refractivity contribution in [3.63, 3.8) is 0 Å². The molecule has 56 valence electrons. The molecule has 11 heavy (non-hydrogen) atoms. The van der Waals surface area contributed by atoms with Crippen molar-refractivity contribution in [3.05, 3.63) is 23.8 Å². The van der Waals surface area contributed by atoms with Gasteiger partial charge in [0.25, 0.3) is 0 Å². The van der Waals surface area contributed by atoms with Crippen LogP contribution in [-0.2, 0) is 0 Å². The molecule has 0 fully saturated rings. The number of hydrogen-bond acceptors (Lipinski definition) is 2. The Morgan fingerprint density at radius 1 is 1.45 bits per heavy atom. The molecule has 1 aromatic rings. The molecule has 0 spiro atoms. The van der Waals surface area contributed by atoms with Gasteiger partial charge in [-0.15, -0.1) is 6.42 Å². The van der Waals surface area contributed by atoms with Crippen molar-refractivity contribution < 1.29 is 0 Å². The SMILES string of the molecule is C#CC(C)c1cnc(C)cn1. The normalized spacial score (nSPS) is 12.1. The molecule has 0 amide bonds. The quantitative estimate of drug-likeness (QED) is 0.561. The van der Waals surface area contributed by atoms with Crippen molar-refractivity contribution in [2.24, 2.45) is 0 Å². The molecular formula is C9H10N2. The Labute approximate surface area is 66.7 Å². The standard InChI is InChI=1S/C9H10N2/c1-4-7(2)9-6-10-8(3)5-11-9/h1,5-7H,2-3H3. The summed E-state index contributed by atoms with van der Waals surface area (Å²) in [7, 11) is 0. The topological polar surface area (TPSA) is 25.8 Å². The zero-order valence-electron chi connectivity index (χ0n) is 6.70. The van der Waals surface area contributed by atoms with E-state index in [0.717, 1.165) is 11.4 Å². The molecule has 0 bridgehead atoms. The minimum absolute atomic E-state index is 0.0584. The number of hydrogen-bond donors (Lipinski definition) is 0. The van der Waals surface area contributed by atoms with Gasteiger partial charge in [0.05, 0.1) is 17.3 Å². The van der Waals surface area contributed by atoms with Gasteiger partial charge in [0.15, 0.2) is 0 Å². The zero-order chi connectivity index (χ0) is 8.27. The molecule has 0 aliphatic rings. The molecule has 1 unspecified atom stereocenters. The third-order valence-corrected chi connectivity index (χ3v) is 1.49. The highest BCUT2D eigenvalue weighted by molar-refractivity contribution is 5.15. The van der Waals surface area contributed by atoms with Crippen molar-refractivity contribution in [3.8, 4) is 12.3 Å². The summed E-state index contributed by atoms with van der Waals surface area (Å²) in [6.45, 7) is 3.83. The van der Waals surface area contributed by atoms with E-state index in [1.165, 1.54) is 0 Å². The molecule has 1 atom stereocenters. The predicted octanol–water partition coefficient (Wildman–Crippen LogP) is 1.52. The lowest BCUT2D eigenvalue weighted by Gasteiger charge is -2.01. The maximum atomic E-state index is 5.22. The minimum atomic E-state index is 0.0584. The van der Waals surface area contributed by atoms with Crippen LogP contribution in [0.1, 0.15) is 24.2 Å². The number of aryl methyl sites for hydroxylation is 1. The first kappa shape index (κ1) is 7.74. The molecule has 0 saturated carbocycles. The van der Waals surface area contributed by atoms with Crippen molar-refractivity contribution in [2.75, 3.05) is 0 Å². The van der Waals surface area contributed by atoms with Gasteiger partial charge in [0.1, 0.15) is 0 Å². The van der Waals surface area contributed by atoms with Crippen molar-refractivity contribution in [2.45, 2.75) is 19.8 Å². The lowest BCUT2D eigenvalue weighted by Crippen LogP contribution is -1.95. The zero-order valence-corrected chi connectivity index (χ0v) is 6.70. The molecule has 2 nitrogen and oxygen atoms in total. The van der Waals surface area contributed by atoms with E-state index in [1.807, 2.05) is 13.8 Å². The molecule has 0 radical (unpaired) electrons. The van der Waals surface area contributed by atoms with E-state index in [9.17, 15) is 0 Å². The fourth-order valence-electron chi connectivity index (χ4n) is 0.712. The molecular weight excluding hydrogens is 136 g/mol. The van der Waals surface area contributed by atoms with Crippen LogP contribution in [0.4, 0.5) is 0 Å². The van der Waals surface area contributed by atoms with E-state index in [-0.39, 0.29) is 5.92 Å². The third-order valence-electron chi connectivity index (χ3n) is 1.49. The maximum absolute atomic E-state index is 5.22. The van der Waals surface area contributed by atoms with Gasteiger partial charge in [-0.25, -0.2) is 0 Å². The highest BCUT2D eigenvalue weighted by atomic mass is 14.8. The van der Waals surface area contributed by atoms with Crippen LogP contribution in [0.15, 0.2) is 12.4 Å². The Hall–Kier alpha value is -1.36. The largest absolute Gasteiger partial charge is 0.258 e. The van der Waals surface area contributed by atoms with Crippen LogP contribution in [0.3, 0.4) is 0 Å². The van der Waals surface area contributed by atoms with Crippen molar-refractivity contribution >= 4 is 0 Å². The first-order chi connectivity index (χ1) is 5.24. The second-order valence-corrected chi connectivity index (χ2v) is 2.47. The summed E-state index contributed by atoms with van der Waals surface area (Å²) in [6.07, 6.45) is 8.67. The summed E-state index contributed by atoms with van der Waals surface area (Å²) >= 11 is 0. The second kappa shape index (κ2) is 3.16. The molecule has 0 aliphatic carbocycles. The Bertz CT molecular complexity index is 269. The molecule has 0 aliphatic heterocycles. The smallest absolute Gasteiger partial charge is 0.0734 e. The van der Waals surface area contributed by atoms with Crippen LogP contribution < -0.4 is 0 Å². The minimum Gasteiger partial charge on any atom is -0.258 e. The average molecular weight is 146 g/mol. The first-order valence-electron chi connectivity index (χ1n) is 3.48. The van der Waals surface area contributed by atoms with Gasteiger partial charge in [-0.05, 0) is 13.8 Å². The molecule has 0 N–H and O–H groups in total. The van der Waals surface area contributed by atoms with Gasteiger partial charge in [-0.3, -0.25) is 9.97 Å². The van der Waals surface area contributed by atoms with E-state index in [2.05, 4.69) is 15.9 Å². The summed E-state index contributed by atoms with van der Waals surface area (Å²) in [5.74, 6) is 2.66. The Balaban J connectivity index is 2.92. The molecule has 2 heteroatoms. The van der Waals surface area contributed by atoms with Gasteiger partial charge >= 0.3 is 0 Å². The van der Waals surface area contributed by atoms with Crippen LogP contribution in [0, 0.1) is 19.3 Å². The summed E-state index contributed by atoms with van der Waals surface area (Å²) in [5, 5.41) is 0. The number of rotatable bonds is 1.